The van der Waals surface area contributed by atoms with Crippen LogP contribution >= 0.6 is 0 Å². The Kier molecular flexibility index (Phi) is 5.23. The van der Waals surface area contributed by atoms with Gasteiger partial charge in [-0.2, -0.15) is 0 Å². The van der Waals surface area contributed by atoms with Gasteiger partial charge >= 0.3 is 0 Å². The van der Waals surface area contributed by atoms with Crippen LogP contribution in [0.15, 0.2) is 24.3 Å². The van der Waals surface area contributed by atoms with Crippen molar-refractivity contribution in [3.8, 4) is 5.75 Å². The Labute approximate surface area is 116 Å². The summed E-state index contributed by atoms with van der Waals surface area (Å²) in [5.41, 5.74) is 1.28. The summed E-state index contributed by atoms with van der Waals surface area (Å²) in [5.74, 6) is 0.339. The van der Waals surface area contributed by atoms with Crippen LogP contribution in [0.25, 0.3) is 0 Å². The van der Waals surface area contributed by atoms with Gasteiger partial charge in [0.2, 0.25) is 0 Å². The van der Waals surface area contributed by atoms with Gasteiger partial charge in [0.15, 0.2) is 0 Å². The molecular weight excluding hydrogens is 238 g/mol. The molecular formula is C16H25NO2. The van der Waals surface area contributed by atoms with Crippen LogP contribution in [0.5, 0.6) is 5.75 Å². The molecule has 2 N–H and O–H groups in total. The molecule has 3 nitrogen and oxygen atoms in total. The van der Waals surface area contributed by atoms with Crippen molar-refractivity contribution in [1.29, 1.82) is 0 Å². The minimum atomic E-state index is 0.339. The lowest BCUT2D eigenvalue weighted by Gasteiger charge is -2.30. The van der Waals surface area contributed by atoms with E-state index in [1.54, 1.807) is 12.1 Å². The number of ether oxygens (including phenoxy) is 1. The number of aromatic hydroxyl groups is 1. The number of hydrogen-bond acceptors (Lipinski definition) is 3. The van der Waals surface area contributed by atoms with Gasteiger partial charge in [-0.05, 0) is 57.2 Å². The summed E-state index contributed by atoms with van der Waals surface area (Å²) < 4.78 is 5.57. The largest absolute Gasteiger partial charge is 0.508 e. The van der Waals surface area contributed by atoms with Gasteiger partial charge in [0, 0.05) is 18.7 Å². The molecule has 0 spiro atoms. The van der Waals surface area contributed by atoms with Gasteiger partial charge < -0.3 is 15.2 Å². The molecule has 0 radical (unpaired) electrons. The van der Waals surface area contributed by atoms with Crippen LogP contribution in [0.2, 0.25) is 0 Å². The number of phenols is 1. The van der Waals surface area contributed by atoms with E-state index in [2.05, 4.69) is 19.2 Å². The lowest BCUT2D eigenvalue weighted by atomic mass is 10.0. The Morgan fingerprint density at radius 1 is 1.37 bits per heavy atom. The van der Waals surface area contributed by atoms with Crippen LogP contribution < -0.4 is 5.32 Å². The maximum absolute atomic E-state index is 9.25. The Morgan fingerprint density at radius 3 is 2.79 bits per heavy atom. The first-order valence-electron chi connectivity index (χ1n) is 7.29. The van der Waals surface area contributed by atoms with Crippen LogP contribution in [0, 0.1) is 0 Å². The number of benzene rings is 1. The van der Waals surface area contributed by atoms with E-state index in [4.69, 9.17) is 4.74 Å². The van der Waals surface area contributed by atoms with Crippen molar-refractivity contribution in [2.75, 3.05) is 6.61 Å². The van der Waals surface area contributed by atoms with E-state index in [-0.39, 0.29) is 0 Å². The summed E-state index contributed by atoms with van der Waals surface area (Å²) in [5, 5.41) is 13.0. The standard InChI is InChI=1S/C16H25NO2/c1-12(17-15-9-10-19-13(2)11-15)3-4-14-5-7-16(18)8-6-14/h5-8,12-13,15,17-18H,3-4,9-11H2,1-2H3. The third-order valence-electron chi connectivity index (χ3n) is 3.81. The number of phenolic OH excluding ortho intramolecular Hbond substituents is 1. The van der Waals surface area contributed by atoms with Crippen molar-refractivity contribution in [2.45, 2.75) is 57.7 Å². The quantitative estimate of drug-likeness (QED) is 0.858. The molecule has 1 aliphatic heterocycles. The monoisotopic (exact) mass is 263 g/mol. The van der Waals surface area contributed by atoms with Gasteiger partial charge in [-0.3, -0.25) is 0 Å². The SMILES string of the molecule is CC(CCc1ccc(O)cc1)NC1CCOC(C)C1. The van der Waals surface area contributed by atoms with Crippen molar-refractivity contribution in [3.63, 3.8) is 0 Å². The molecule has 19 heavy (non-hydrogen) atoms. The Morgan fingerprint density at radius 2 is 2.11 bits per heavy atom. The van der Waals surface area contributed by atoms with Crippen LogP contribution in [-0.4, -0.2) is 29.9 Å². The first-order chi connectivity index (χ1) is 9.13. The second-order valence-corrected chi connectivity index (χ2v) is 5.68. The molecule has 1 heterocycles. The summed E-state index contributed by atoms with van der Waals surface area (Å²) in [4.78, 5) is 0. The predicted molar refractivity (Wildman–Crippen MR) is 77.5 cm³/mol. The Hall–Kier alpha value is -1.06. The fourth-order valence-corrected chi connectivity index (χ4v) is 2.68. The van der Waals surface area contributed by atoms with E-state index >= 15 is 0 Å². The van der Waals surface area contributed by atoms with E-state index < -0.39 is 0 Å². The van der Waals surface area contributed by atoms with Crippen molar-refractivity contribution in [1.82, 2.24) is 5.32 Å². The highest BCUT2D eigenvalue weighted by molar-refractivity contribution is 5.25. The van der Waals surface area contributed by atoms with Crippen molar-refractivity contribution in [2.24, 2.45) is 0 Å². The molecule has 1 aliphatic rings. The highest BCUT2D eigenvalue weighted by Crippen LogP contribution is 2.15. The molecule has 106 valence electrons. The molecule has 3 heteroatoms. The van der Waals surface area contributed by atoms with E-state index in [0.717, 1.165) is 32.3 Å². The first-order valence-corrected chi connectivity index (χ1v) is 7.29. The van der Waals surface area contributed by atoms with E-state index in [0.29, 0.717) is 23.9 Å². The molecule has 1 aromatic rings. The maximum Gasteiger partial charge on any atom is 0.115 e. The van der Waals surface area contributed by atoms with Gasteiger partial charge in [0.25, 0.3) is 0 Å². The fourth-order valence-electron chi connectivity index (χ4n) is 2.68. The Balaban J connectivity index is 1.72. The zero-order valence-corrected chi connectivity index (χ0v) is 11.9. The van der Waals surface area contributed by atoms with Gasteiger partial charge in [0.1, 0.15) is 5.75 Å². The topological polar surface area (TPSA) is 41.5 Å². The third-order valence-corrected chi connectivity index (χ3v) is 3.81. The van der Waals surface area contributed by atoms with Gasteiger partial charge in [-0.15, -0.1) is 0 Å². The third kappa shape index (κ3) is 4.84. The summed E-state index contributed by atoms with van der Waals surface area (Å²) >= 11 is 0. The van der Waals surface area contributed by atoms with Crippen LogP contribution in [0.4, 0.5) is 0 Å². The zero-order valence-electron chi connectivity index (χ0n) is 11.9. The number of rotatable bonds is 5. The fraction of sp³-hybridized carbons (Fsp3) is 0.625. The number of nitrogens with one attached hydrogen (secondary N) is 1. The second kappa shape index (κ2) is 6.92. The average molecular weight is 263 g/mol. The van der Waals surface area contributed by atoms with Crippen molar-refractivity contribution < 1.29 is 9.84 Å². The predicted octanol–water partition coefficient (Wildman–Crippen LogP) is 2.87. The highest BCUT2D eigenvalue weighted by atomic mass is 16.5. The number of hydrogen-bond donors (Lipinski definition) is 2. The first kappa shape index (κ1) is 14.4. The summed E-state index contributed by atoms with van der Waals surface area (Å²) in [6.07, 6.45) is 4.79. The molecule has 0 amide bonds. The van der Waals surface area contributed by atoms with Gasteiger partial charge in [0.05, 0.1) is 6.10 Å². The van der Waals surface area contributed by atoms with Crippen LogP contribution in [-0.2, 0) is 11.2 Å². The second-order valence-electron chi connectivity index (χ2n) is 5.68. The van der Waals surface area contributed by atoms with E-state index in [1.165, 1.54) is 5.56 Å². The van der Waals surface area contributed by atoms with Gasteiger partial charge in [-0.25, -0.2) is 0 Å². The van der Waals surface area contributed by atoms with E-state index in [9.17, 15) is 5.11 Å². The van der Waals surface area contributed by atoms with Crippen molar-refractivity contribution >= 4 is 0 Å². The normalized spacial score (nSPS) is 25.2. The van der Waals surface area contributed by atoms with Crippen LogP contribution in [0.3, 0.4) is 0 Å². The van der Waals surface area contributed by atoms with E-state index in [1.807, 2.05) is 12.1 Å². The van der Waals surface area contributed by atoms with Gasteiger partial charge in [-0.1, -0.05) is 12.1 Å². The molecule has 0 aliphatic carbocycles. The molecule has 3 atom stereocenters. The highest BCUT2D eigenvalue weighted by Gasteiger charge is 2.20. The minimum Gasteiger partial charge on any atom is -0.508 e. The zero-order chi connectivity index (χ0) is 13.7. The summed E-state index contributed by atoms with van der Waals surface area (Å²) in [6.45, 7) is 5.28. The lowest BCUT2D eigenvalue weighted by molar-refractivity contribution is 0.0115. The summed E-state index contributed by atoms with van der Waals surface area (Å²) in [7, 11) is 0. The molecule has 0 bridgehead atoms. The minimum absolute atomic E-state index is 0.339. The molecule has 1 fully saturated rings. The molecule has 3 unspecified atom stereocenters. The summed E-state index contributed by atoms with van der Waals surface area (Å²) in [6, 6.07) is 8.63. The van der Waals surface area contributed by atoms with Crippen LogP contribution in [0.1, 0.15) is 38.7 Å². The molecule has 1 saturated heterocycles. The molecule has 0 saturated carbocycles. The average Bonchev–Trinajstić information content (AvgIpc) is 2.38. The maximum atomic E-state index is 9.25. The molecule has 2 rings (SSSR count). The Bertz CT molecular complexity index is 377. The molecule has 0 aromatic heterocycles. The van der Waals surface area contributed by atoms with Crippen molar-refractivity contribution in [3.05, 3.63) is 29.8 Å². The number of aryl methyl sites for hydroxylation is 1. The molecule has 1 aromatic carbocycles. The lowest BCUT2D eigenvalue weighted by Crippen LogP contribution is -2.42. The smallest absolute Gasteiger partial charge is 0.115 e.